The summed E-state index contributed by atoms with van der Waals surface area (Å²) in [6.07, 6.45) is 1.58. The highest BCUT2D eigenvalue weighted by Crippen LogP contribution is 2.17. The molecule has 0 bridgehead atoms. The smallest absolute Gasteiger partial charge is 0.258 e. The maximum absolute atomic E-state index is 12.1. The molecule has 1 N–H and O–H groups in total. The monoisotopic (exact) mass is 389 g/mol. The summed E-state index contributed by atoms with van der Waals surface area (Å²) in [7, 11) is -3.25. The van der Waals surface area contributed by atoms with Crippen LogP contribution in [-0.4, -0.2) is 33.0 Å². The molecule has 0 saturated heterocycles. The van der Waals surface area contributed by atoms with Crippen LogP contribution in [0.15, 0.2) is 53.4 Å². The number of carbonyl (C=O) groups is 2. The summed E-state index contributed by atoms with van der Waals surface area (Å²) in [6.45, 7) is 3.44. The maximum atomic E-state index is 12.1. The molecule has 0 aliphatic rings. The van der Waals surface area contributed by atoms with Gasteiger partial charge in [0.25, 0.3) is 5.91 Å². The van der Waals surface area contributed by atoms with Gasteiger partial charge >= 0.3 is 0 Å². The van der Waals surface area contributed by atoms with Crippen molar-refractivity contribution >= 4 is 21.5 Å². The zero-order chi connectivity index (χ0) is 20.0. The molecule has 0 radical (unpaired) electrons. The Morgan fingerprint density at radius 2 is 1.63 bits per heavy atom. The van der Waals surface area contributed by atoms with Gasteiger partial charge in [-0.2, -0.15) is 0 Å². The summed E-state index contributed by atoms with van der Waals surface area (Å²) < 4.78 is 28.4. The fourth-order valence-corrected chi connectivity index (χ4v) is 3.09. The van der Waals surface area contributed by atoms with Crippen LogP contribution < -0.4 is 10.1 Å². The van der Waals surface area contributed by atoms with Gasteiger partial charge in [-0.25, -0.2) is 8.42 Å². The van der Waals surface area contributed by atoms with E-state index in [1.165, 1.54) is 12.1 Å². The zero-order valence-electron chi connectivity index (χ0n) is 15.6. The average molecular weight is 389 g/mol. The fourth-order valence-electron chi connectivity index (χ4n) is 2.46. The first-order valence-electron chi connectivity index (χ1n) is 8.56. The highest BCUT2D eigenvalue weighted by atomic mass is 32.2. The lowest BCUT2D eigenvalue weighted by Crippen LogP contribution is -2.31. The predicted octanol–water partition coefficient (Wildman–Crippen LogP) is 2.94. The molecule has 0 saturated carbocycles. The van der Waals surface area contributed by atoms with Crippen molar-refractivity contribution in [2.45, 2.75) is 31.2 Å². The van der Waals surface area contributed by atoms with Crippen molar-refractivity contribution in [1.29, 1.82) is 0 Å². The van der Waals surface area contributed by atoms with Crippen LogP contribution in [0, 0.1) is 0 Å². The second-order valence-electron chi connectivity index (χ2n) is 6.22. The van der Waals surface area contributed by atoms with Crippen LogP contribution >= 0.6 is 0 Å². The van der Waals surface area contributed by atoms with Gasteiger partial charge in [0.05, 0.1) is 10.9 Å². The fraction of sp³-hybridized carbons (Fsp3) is 0.300. The molecule has 0 unspecified atom stereocenters. The topological polar surface area (TPSA) is 89.5 Å². The third kappa shape index (κ3) is 5.92. The predicted molar refractivity (Wildman–Crippen MR) is 103 cm³/mol. The molecule has 144 valence electrons. The Hall–Kier alpha value is -2.67. The first kappa shape index (κ1) is 20.6. The molecule has 0 aliphatic carbocycles. The van der Waals surface area contributed by atoms with E-state index in [1.807, 2.05) is 0 Å². The van der Waals surface area contributed by atoms with Gasteiger partial charge in [0, 0.05) is 18.2 Å². The summed E-state index contributed by atoms with van der Waals surface area (Å²) in [5.41, 5.74) is 1.40. The van der Waals surface area contributed by atoms with Crippen LogP contribution in [0.2, 0.25) is 0 Å². The summed E-state index contributed by atoms with van der Waals surface area (Å²) in [5.74, 6) is 0.251. The van der Waals surface area contributed by atoms with Crippen molar-refractivity contribution in [1.82, 2.24) is 5.32 Å². The third-order valence-electron chi connectivity index (χ3n) is 4.05. The number of ketones is 1. The van der Waals surface area contributed by atoms with E-state index in [-0.39, 0.29) is 29.2 Å². The van der Waals surface area contributed by atoms with Crippen molar-refractivity contribution in [3.05, 3.63) is 59.7 Å². The summed E-state index contributed by atoms with van der Waals surface area (Å²) >= 11 is 0. The second kappa shape index (κ2) is 8.81. The van der Waals surface area contributed by atoms with E-state index in [2.05, 4.69) is 5.32 Å². The zero-order valence-corrected chi connectivity index (χ0v) is 16.4. The number of carbonyl (C=O) groups excluding carboxylic acids is 2. The molecule has 7 heteroatoms. The summed E-state index contributed by atoms with van der Waals surface area (Å²) in [5, 5.41) is 2.80. The maximum Gasteiger partial charge on any atom is 0.258 e. The number of Topliss-reactive ketones (excluding diaryl/α,β-unsaturated/α-hetero) is 1. The Morgan fingerprint density at radius 1 is 1.04 bits per heavy atom. The van der Waals surface area contributed by atoms with Crippen molar-refractivity contribution in [3.8, 4) is 5.75 Å². The lowest BCUT2D eigenvalue weighted by Gasteiger charge is -2.15. The van der Waals surface area contributed by atoms with Crippen LogP contribution in [0.4, 0.5) is 0 Å². The number of hydrogen-bond donors (Lipinski definition) is 1. The minimum Gasteiger partial charge on any atom is -0.484 e. The van der Waals surface area contributed by atoms with Crippen molar-refractivity contribution in [2.24, 2.45) is 0 Å². The molecule has 2 rings (SSSR count). The number of ether oxygens (including phenoxy) is 1. The van der Waals surface area contributed by atoms with Crippen LogP contribution in [-0.2, 0) is 14.6 Å². The van der Waals surface area contributed by atoms with Gasteiger partial charge in [0.15, 0.2) is 22.2 Å². The molecule has 6 nitrogen and oxygen atoms in total. The summed E-state index contributed by atoms with van der Waals surface area (Å²) in [6, 6.07) is 12.7. The summed E-state index contributed by atoms with van der Waals surface area (Å²) in [4.78, 5) is 23.9. The van der Waals surface area contributed by atoms with Gasteiger partial charge in [-0.15, -0.1) is 0 Å². The Kier molecular flexibility index (Phi) is 6.74. The van der Waals surface area contributed by atoms with Gasteiger partial charge < -0.3 is 10.1 Å². The first-order chi connectivity index (χ1) is 12.7. The minimum absolute atomic E-state index is 0.0509. The Bertz CT molecular complexity index is 902. The Morgan fingerprint density at radius 3 is 2.15 bits per heavy atom. The van der Waals surface area contributed by atoms with Gasteiger partial charge in [-0.1, -0.05) is 19.1 Å². The van der Waals surface area contributed by atoms with Gasteiger partial charge in [-0.05, 0) is 48.9 Å². The largest absolute Gasteiger partial charge is 0.484 e. The van der Waals surface area contributed by atoms with E-state index >= 15 is 0 Å². The molecule has 2 aromatic carbocycles. The standard InChI is InChI=1S/C20H23NO5S/c1-4-19(22)16-5-9-17(10-6-16)26-13-20(23)21-14(2)15-7-11-18(12-8-15)27(3,24)25/h5-12,14H,4,13H2,1-3H3,(H,21,23)/t14-/m0/s1. The van der Waals surface area contributed by atoms with Gasteiger partial charge in [0.1, 0.15) is 5.75 Å². The van der Waals surface area contributed by atoms with E-state index in [9.17, 15) is 18.0 Å². The molecule has 1 atom stereocenters. The SMILES string of the molecule is CCC(=O)c1ccc(OCC(=O)N[C@@H](C)c2ccc(S(C)(=O)=O)cc2)cc1. The lowest BCUT2D eigenvalue weighted by molar-refractivity contribution is -0.123. The van der Waals surface area contributed by atoms with Crippen LogP contribution in [0.3, 0.4) is 0 Å². The van der Waals surface area contributed by atoms with E-state index in [0.717, 1.165) is 11.8 Å². The Balaban J connectivity index is 1.88. The highest BCUT2D eigenvalue weighted by Gasteiger charge is 2.12. The molecule has 0 aromatic heterocycles. The van der Waals surface area contributed by atoms with Gasteiger partial charge in [-0.3, -0.25) is 9.59 Å². The van der Waals surface area contributed by atoms with Crippen molar-refractivity contribution < 1.29 is 22.7 Å². The molecule has 0 heterocycles. The Labute approximate surface area is 159 Å². The van der Waals surface area contributed by atoms with Crippen LogP contribution in [0.1, 0.15) is 42.2 Å². The molecular weight excluding hydrogens is 366 g/mol. The number of sulfone groups is 1. The molecule has 1 amide bonds. The molecule has 0 spiro atoms. The number of hydrogen-bond acceptors (Lipinski definition) is 5. The van der Waals surface area contributed by atoms with E-state index in [0.29, 0.717) is 17.7 Å². The highest BCUT2D eigenvalue weighted by molar-refractivity contribution is 7.90. The van der Waals surface area contributed by atoms with Crippen LogP contribution in [0.25, 0.3) is 0 Å². The van der Waals surface area contributed by atoms with Crippen molar-refractivity contribution in [3.63, 3.8) is 0 Å². The number of amides is 1. The molecule has 27 heavy (non-hydrogen) atoms. The van der Waals surface area contributed by atoms with E-state index in [1.54, 1.807) is 50.2 Å². The molecule has 0 fully saturated rings. The number of nitrogens with one attached hydrogen (secondary N) is 1. The third-order valence-corrected chi connectivity index (χ3v) is 5.18. The molecule has 0 aliphatic heterocycles. The van der Waals surface area contributed by atoms with Gasteiger partial charge in [0.2, 0.25) is 0 Å². The van der Waals surface area contributed by atoms with E-state index in [4.69, 9.17) is 4.74 Å². The first-order valence-corrected chi connectivity index (χ1v) is 10.4. The number of benzene rings is 2. The lowest BCUT2D eigenvalue weighted by atomic mass is 10.1. The minimum atomic E-state index is -3.25. The molecular formula is C20H23NO5S. The average Bonchev–Trinajstić information content (AvgIpc) is 2.65. The second-order valence-corrected chi connectivity index (χ2v) is 8.24. The van der Waals surface area contributed by atoms with Crippen molar-refractivity contribution in [2.75, 3.05) is 12.9 Å². The quantitative estimate of drug-likeness (QED) is 0.701. The van der Waals surface area contributed by atoms with Crippen LogP contribution in [0.5, 0.6) is 5.75 Å². The number of rotatable bonds is 8. The van der Waals surface area contributed by atoms with E-state index < -0.39 is 9.84 Å². The molecule has 2 aromatic rings. The normalized spacial score (nSPS) is 12.3.